The van der Waals surface area contributed by atoms with Gasteiger partial charge in [-0.25, -0.2) is 4.98 Å². The second-order valence-corrected chi connectivity index (χ2v) is 8.62. The summed E-state index contributed by atoms with van der Waals surface area (Å²) in [5.41, 5.74) is 5.22. The molecule has 2 N–H and O–H groups in total. The van der Waals surface area contributed by atoms with Gasteiger partial charge in [0.15, 0.2) is 10.7 Å². The highest BCUT2D eigenvalue weighted by molar-refractivity contribution is 7.80. The van der Waals surface area contributed by atoms with Crippen LogP contribution in [-0.4, -0.2) is 23.1 Å². The van der Waals surface area contributed by atoms with E-state index in [2.05, 4.69) is 15.6 Å². The lowest BCUT2D eigenvalue weighted by Crippen LogP contribution is -2.34. The number of halogens is 2. The molecule has 4 aromatic rings. The molecule has 0 saturated heterocycles. The average molecular weight is 500 g/mol. The van der Waals surface area contributed by atoms with Crippen molar-refractivity contribution in [2.45, 2.75) is 13.8 Å². The van der Waals surface area contributed by atoms with Crippen molar-refractivity contribution in [3.63, 3.8) is 0 Å². The van der Waals surface area contributed by atoms with E-state index in [1.165, 1.54) is 6.07 Å². The zero-order chi connectivity index (χ0) is 23.7. The molecule has 0 saturated carbocycles. The molecule has 1 heterocycles. The minimum Gasteiger partial charge on any atom is -0.495 e. The highest BCUT2D eigenvalue weighted by Crippen LogP contribution is 2.32. The molecule has 0 unspecified atom stereocenters. The maximum absolute atomic E-state index is 12.6. The van der Waals surface area contributed by atoms with Crippen LogP contribution < -0.4 is 15.4 Å². The first-order chi connectivity index (χ1) is 15.7. The third-order valence-electron chi connectivity index (χ3n) is 5.10. The fraction of sp³-hybridized carbons (Fsp3) is 0.125. The van der Waals surface area contributed by atoms with Gasteiger partial charge in [-0.3, -0.25) is 10.1 Å². The van der Waals surface area contributed by atoms with Gasteiger partial charge in [0.2, 0.25) is 5.89 Å². The first-order valence-corrected chi connectivity index (χ1v) is 11.0. The van der Waals surface area contributed by atoms with E-state index >= 15 is 0 Å². The summed E-state index contributed by atoms with van der Waals surface area (Å²) in [6, 6.07) is 14.0. The van der Waals surface area contributed by atoms with E-state index in [0.717, 1.165) is 22.2 Å². The number of ether oxygens (including phenoxy) is 1. The van der Waals surface area contributed by atoms with Crippen LogP contribution in [0.2, 0.25) is 10.0 Å². The number of hydrogen-bond acceptors (Lipinski definition) is 5. The molecule has 9 heteroatoms. The summed E-state index contributed by atoms with van der Waals surface area (Å²) in [6.45, 7) is 4.06. The SMILES string of the molecule is COc1ccc(-c2nc3cc(C)c(C)cc3o2)cc1NC(=S)NC(=O)c1cc(Cl)ccc1Cl. The Morgan fingerprint density at radius 3 is 2.58 bits per heavy atom. The molecular formula is C24H19Cl2N3O3S. The topological polar surface area (TPSA) is 76.4 Å². The van der Waals surface area contributed by atoms with Crippen molar-refractivity contribution in [1.82, 2.24) is 10.3 Å². The van der Waals surface area contributed by atoms with E-state index in [9.17, 15) is 4.79 Å². The minimum absolute atomic E-state index is 0.0651. The van der Waals surface area contributed by atoms with Crippen LogP contribution in [0.4, 0.5) is 5.69 Å². The number of nitrogens with zero attached hydrogens (tertiary/aromatic N) is 1. The van der Waals surface area contributed by atoms with Gasteiger partial charge >= 0.3 is 0 Å². The predicted octanol–water partition coefficient (Wildman–Crippen LogP) is 6.55. The van der Waals surface area contributed by atoms with Gasteiger partial charge in [-0.05, 0) is 85.7 Å². The number of amides is 1. The summed E-state index contributed by atoms with van der Waals surface area (Å²) >= 11 is 17.4. The Bertz CT molecular complexity index is 1360. The number of methoxy groups -OCH3 is 1. The Balaban J connectivity index is 1.59. The maximum Gasteiger partial charge on any atom is 0.258 e. The van der Waals surface area contributed by atoms with Gasteiger partial charge < -0.3 is 14.5 Å². The van der Waals surface area contributed by atoms with Gasteiger partial charge in [0, 0.05) is 10.6 Å². The Morgan fingerprint density at radius 2 is 1.82 bits per heavy atom. The van der Waals surface area contributed by atoms with E-state index in [4.69, 9.17) is 44.6 Å². The molecule has 33 heavy (non-hydrogen) atoms. The van der Waals surface area contributed by atoms with Gasteiger partial charge in [-0.2, -0.15) is 0 Å². The summed E-state index contributed by atoms with van der Waals surface area (Å²) in [5.74, 6) is 0.500. The van der Waals surface area contributed by atoms with Crippen molar-refractivity contribution in [3.8, 4) is 17.2 Å². The number of aryl methyl sites for hydroxylation is 2. The van der Waals surface area contributed by atoms with Gasteiger partial charge in [0.1, 0.15) is 11.3 Å². The van der Waals surface area contributed by atoms with E-state index in [0.29, 0.717) is 27.9 Å². The smallest absolute Gasteiger partial charge is 0.258 e. The molecule has 0 bridgehead atoms. The lowest BCUT2D eigenvalue weighted by molar-refractivity contribution is 0.0978. The number of oxazole rings is 1. The number of anilines is 1. The number of carbonyl (C=O) groups is 1. The predicted molar refractivity (Wildman–Crippen MR) is 136 cm³/mol. The van der Waals surface area contributed by atoms with Crippen LogP contribution >= 0.6 is 35.4 Å². The molecule has 0 radical (unpaired) electrons. The van der Waals surface area contributed by atoms with Crippen LogP contribution in [0.15, 0.2) is 52.9 Å². The number of hydrogen-bond donors (Lipinski definition) is 2. The molecule has 3 aromatic carbocycles. The van der Waals surface area contributed by atoms with Crippen LogP contribution in [0.3, 0.4) is 0 Å². The molecule has 0 atom stereocenters. The van der Waals surface area contributed by atoms with Crippen LogP contribution in [0.25, 0.3) is 22.6 Å². The zero-order valence-corrected chi connectivity index (χ0v) is 20.3. The van der Waals surface area contributed by atoms with E-state index in [1.54, 1.807) is 31.4 Å². The maximum atomic E-state index is 12.6. The first kappa shape index (κ1) is 23.0. The van der Waals surface area contributed by atoms with Gasteiger partial charge in [0.05, 0.1) is 23.4 Å². The third kappa shape index (κ3) is 4.95. The number of aromatic nitrogens is 1. The molecular weight excluding hydrogens is 481 g/mol. The van der Waals surface area contributed by atoms with Crippen LogP contribution in [-0.2, 0) is 0 Å². The Kier molecular flexibility index (Phi) is 6.56. The van der Waals surface area contributed by atoms with Crippen LogP contribution in [0.1, 0.15) is 21.5 Å². The molecule has 0 aliphatic rings. The van der Waals surface area contributed by atoms with Gasteiger partial charge in [0.25, 0.3) is 5.91 Å². The van der Waals surface area contributed by atoms with E-state index < -0.39 is 5.91 Å². The summed E-state index contributed by atoms with van der Waals surface area (Å²) < 4.78 is 11.4. The number of fused-ring (bicyclic) bond motifs is 1. The first-order valence-electron chi connectivity index (χ1n) is 9.88. The van der Waals surface area contributed by atoms with Crippen molar-refractivity contribution in [1.29, 1.82) is 0 Å². The zero-order valence-electron chi connectivity index (χ0n) is 18.0. The molecule has 6 nitrogen and oxygen atoms in total. The lowest BCUT2D eigenvalue weighted by atomic mass is 10.1. The minimum atomic E-state index is -0.486. The van der Waals surface area contributed by atoms with Crippen molar-refractivity contribution in [3.05, 3.63) is 75.3 Å². The highest BCUT2D eigenvalue weighted by atomic mass is 35.5. The van der Waals surface area contributed by atoms with Crippen molar-refractivity contribution >= 4 is 63.2 Å². The lowest BCUT2D eigenvalue weighted by Gasteiger charge is -2.14. The Hall–Kier alpha value is -3.13. The molecule has 1 aromatic heterocycles. The Morgan fingerprint density at radius 1 is 1.06 bits per heavy atom. The number of rotatable bonds is 4. The fourth-order valence-corrected chi connectivity index (χ4v) is 3.82. The largest absolute Gasteiger partial charge is 0.495 e. The summed E-state index contributed by atoms with van der Waals surface area (Å²) in [6.07, 6.45) is 0. The molecule has 0 fully saturated rings. The molecule has 168 valence electrons. The molecule has 1 amide bonds. The van der Waals surface area contributed by atoms with Gasteiger partial charge in [-0.15, -0.1) is 0 Å². The summed E-state index contributed by atoms with van der Waals surface area (Å²) in [5, 5.41) is 6.31. The average Bonchev–Trinajstić information content (AvgIpc) is 3.18. The molecule has 0 aliphatic heterocycles. The number of nitrogens with one attached hydrogen (secondary N) is 2. The standard InChI is InChI=1S/C24H19Cl2N3O3S/c1-12-8-18-21(9-13(12)2)32-23(27-18)14-4-7-20(31-3)19(10-14)28-24(33)29-22(30)16-11-15(25)5-6-17(16)26/h4-11H,1-3H3,(H2,28,29,30,33). The number of thiocarbonyl (C=S) groups is 1. The summed E-state index contributed by atoms with van der Waals surface area (Å²) in [4.78, 5) is 17.2. The molecule has 0 spiro atoms. The van der Waals surface area contributed by atoms with E-state index in [-0.39, 0.29) is 15.7 Å². The number of benzene rings is 3. The van der Waals surface area contributed by atoms with Gasteiger partial charge in [-0.1, -0.05) is 23.2 Å². The molecule has 0 aliphatic carbocycles. The monoisotopic (exact) mass is 499 g/mol. The van der Waals surface area contributed by atoms with Crippen LogP contribution in [0, 0.1) is 13.8 Å². The highest BCUT2D eigenvalue weighted by Gasteiger charge is 2.16. The van der Waals surface area contributed by atoms with E-state index in [1.807, 2.05) is 32.0 Å². The normalized spacial score (nSPS) is 10.8. The second kappa shape index (κ2) is 9.39. The van der Waals surface area contributed by atoms with Crippen molar-refractivity contribution < 1.29 is 13.9 Å². The number of carbonyl (C=O) groups excluding carboxylic acids is 1. The summed E-state index contributed by atoms with van der Waals surface area (Å²) in [7, 11) is 1.54. The fourth-order valence-electron chi connectivity index (χ4n) is 3.24. The Labute approximate surface area is 205 Å². The van der Waals surface area contributed by atoms with Crippen molar-refractivity contribution in [2.24, 2.45) is 0 Å². The van der Waals surface area contributed by atoms with Crippen molar-refractivity contribution in [2.75, 3.05) is 12.4 Å². The quantitative estimate of drug-likeness (QED) is 0.310. The second-order valence-electron chi connectivity index (χ2n) is 7.37. The molecule has 4 rings (SSSR count). The third-order valence-corrected chi connectivity index (χ3v) is 5.87. The van der Waals surface area contributed by atoms with Crippen LogP contribution in [0.5, 0.6) is 5.75 Å².